The summed E-state index contributed by atoms with van der Waals surface area (Å²) < 4.78 is 5.83. The van der Waals surface area contributed by atoms with E-state index in [1.807, 2.05) is 6.20 Å². The van der Waals surface area contributed by atoms with E-state index in [9.17, 15) is 9.90 Å². The molecule has 0 atom stereocenters. The zero-order valence-electron chi connectivity index (χ0n) is 18.4. The highest BCUT2D eigenvalue weighted by Crippen LogP contribution is 2.34. The van der Waals surface area contributed by atoms with E-state index in [1.54, 1.807) is 13.8 Å². The number of carbonyl (C=O) groups is 1. The van der Waals surface area contributed by atoms with E-state index in [2.05, 4.69) is 26.2 Å². The van der Waals surface area contributed by atoms with Crippen molar-refractivity contribution in [2.45, 2.75) is 64.0 Å². The number of aromatic nitrogens is 1. The highest BCUT2D eigenvalue weighted by Gasteiger charge is 2.29. The maximum atomic E-state index is 12.0. The van der Waals surface area contributed by atoms with Gasteiger partial charge in [0.2, 0.25) is 0 Å². The number of hydrogen-bond acceptors (Lipinski definition) is 6. The largest absolute Gasteiger partial charge is 0.489 e. The second-order valence-corrected chi connectivity index (χ2v) is 9.59. The molecule has 166 valence electrons. The Balaban J connectivity index is 1.17. The summed E-state index contributed by atoms with van der Waals surface area (Å²) in [4.78, 5) is 21.5. The van der Waals surface area contributed by atoms with Crippen LogP contribution in [0.15, 0.2) is 12.3 Å². The highest BCUT2D eigenvalue weighted by atomic mass is 16.5. The molecule has 0 unspecified atom stereocenters. The van der Waals surface area contributed by atoms with Crippen molar-refractivity contribution in [3.63, 3.8) is 0 Å². The smallest absolute Gasteiger partial charge is 0.251 e. The molecule has 3 aliphatic rings. The lowest BCUT2D eigenvalue weighted by molar-refractivity contribution is -0.137. The molecule has 7 nitrogen and oxygen atoms in total. The molecular formula is C23H36N4O3. The number of anilines is 1. The van der Waals surface area contributed by atoms with Crippen LogP contribution in [0.4, 0.5) is 5.82 Å². The number of aliphatic hydroxyl groups is 1. The SMILES string of the molecule is CC(C)(O)C(=O)NC1CCC(CCN2CCN(c3nccc4c3OCC4)CC2)CC1. The maximum absolute atomic E-state index is 12.0. The van der Waals surface area contributed by atoms with Crippen molar-refractivity contribution in [3.05, 3.63) is 17.8 Å². The summed E-state index contributed by atoms with van der Waals surface area (Å²) in [5.74, 6) is 2.51. The molecule has 1 aromatic heterocycles. The molecule has 4 rings (SSSR count). The van der Waals surface area contributed by atoms with Gasteiger partial charge in [-0.2, -0.15) is 0 Å². The van der Waals surface area contributed by atoms with E-state index >= 15 is 0 Å². The van der Waals surface area contributed by atoms with Crippen molar-refractivity contribution in [1.82, 2.24) is 15.2 Å². The molecule has 0 aromatic carbocycles. The quantitative estimate of drug-likeness (QED) is 0.738. The first-order valence-electron chi connectivity index (χ1n) is 11.5. The molecule has 1 aromatic rings. The van der Waals surface area contributed by atoms with Gasteiger partial charge in [-0.1, -0.05) is 0 Å². The number of pyridine rings is 1. The third kappa shape index (κ3) is 5.06. The minimum absolute atomic E-state index is 0.214. The molecule has 1 saturated carbocycles. The van der Waals surface area contributed by atoms with Gasteiger partial charge < -0.3 is 20.1 Å². The van der Waals surface area contributed by atoms with Crippen LogP contribution in [0, 0.1) is 5.92 Å². The topological polar surface area (TPSA) is 77.9 Å². The van der Waals surface area contributed by atoms with Gasteiger partial charge in [0, 0.05) is 50.4 Å². The Labute approximate surface area is 179 Å². The summed E-state index contributed by atoms with van der Waals surface area (Å²) in [6.45, 7) is 9.16. The summed E-state index contributed by atoms with van der Waals surface area (Å²) in [5.41, 5.74) is -0.00252. The van der Waals surface area contributed by atoms with Crippen molar-refractivity contribution in [2.24, 2.45) is 5.92 Å². The van der Waals surface area contributed by atoms with E-state index in [0.717, 1.165) is 88.9 Å². The van der Waals surface area contributed by atoms with Gasteiger partial charge in [-0.05, 0) is 64.5 Å². The molecular weight excluding hydrogens is 380 g/mol. The summed E-state index contributed by atoms with van der Waals surface area (Å²) in [5, 5.41) is 12.8. The van der Waals surface area contributed by atoms with Crippen LogP contribution in [0.3, 0.4) is 0 Å². The lowest BCUT2D eigenvalue weighted by Crippen LogP contribution is -2.48. The maximum Gasteiger partial charge on any atom is 0.251 e. The standard InChI is InChI=1S/C23H36N4O3/c1-23(2,29)22(28)25-19-5-3-17(4-6-19)8-11-26-12-14-27(15-13-26)21-20-18(7-10-24-21)9-16-30-20/h7,10,17,19,29H,3-6,8-9,11-16H2,1-2H3,(H,25,28). The summed E-state index contributed by atoms with van der Waals surface area (Å²) in [6.07, 6.45) is 8.50. The number of hydrogen-bond donors (Lipinski definition) is 2. The second-order valence-electron chi connectivity index (χ2n) is 9.59. The van der Waals surface area contributed by atoms with Crippen molar-refractivity contribution >= 4 is 11.7 Å². The molecule has 0 spiro atoms. The molecule has 1 saturated heterocycles. The van der Waals surface area contributed by atoms with Gasteiger partial charge in [-0.3, -0.25) is 9.69 Å². The average molecular weight is 417 g/mol. The van der Waals surface area contributed by atoms with Gasteiger partial charge in [0.15, 0.2) is 11.6 Å². The first-order chi connectivity index (χ1) is 14.4. The highest BCUT2D eigenvalue weighted by molar-refractivity contribution is 5.84. The third-order valence-corrected chi connectivity index (χ3v) is 6.85. The molecule has 1 amide bonds. The fourth-order valence-corrected chi connectivity index (χ4v) is 4.82. The Bertz CT molecular complexity index is 732. The average Bonchev–Trinajstić information content (AvgIpc) is 3.22. The van der Waals surface area contributed by atoms with Gasteiger partial charge in [0.1, 0.15) is 5.60 Å². The van der Waals surface area contributed by atoms with Gasteiger partial charge in [-0.15, -0.1) is 0 Å². The predicted molar refractivity (Wildman–Crippen MR) is 117 cm³/mol. The molecule has 2 N–H and O–H groups in total. The van der Waals surface area contributed by atoms with E-state index in [4.69, 9.17) is 4.74 Å². The monoisotopic (exact) mass is 416 g/mol. The van der Waals surface area contributed by atoms with E-state index in [1.165, 1.54) is 12.0 Å². The lowest BCUT2D eigenvalue weighted by atomic mass is 9.83. The van der Waals surface area contributed by atoms with Gasteiger partial charge in [0.25, 0.3) is 5.91 Å². The molecule has 1 aliphatic carbocycles. The molecule has 30 heavy (non-hydrogen) atoms. The number of carbonyl (C=O) groups excluding carboxylic acids is 1. The zero-order chi connectivity index (χ0) is 21.1. The number of ether oxygens (including phenoxy) is 1. The van der Waals surface area contributed by atoms with Crippen LogP contribution >= 0.6 is 0 Å². The Morgan fingerprint density at radius 2 is 1.97 bits per heavy atom. The van der Waals surface area contributed by atoms with Crippen molar-refractivity contribution in [1.29, 1.82) is 0 Å². The molecule has 0 bridgehead atoms. The first kappa shape index (κ1) is 21.4. The van der Waals surface area contributed by atoms with E-state index < -0.39 is 5.60 Å². The van der Waals surface area contributed by atoms with Crippen LogP contribution in [0.2, 0.25) is 0 Å². The first-order valence-corrected chi connectivity index (χ1v) is 11.5. The van der Waals surface area contributed by atoms with Crippen molar-refractivity contribution < 1.29 is 14.6 Å². The molecule has 2 aliphatic heterocycles. The number of nitrogens with zero attached hydrogens (tertiary/aromatic N) is 3. The number of nitrogens with one attached hydrogen (secondary N) is 1. The van der Waals surface area contributed by atoms with E-state index in [-0.39, 0.29) is 11.9 Å². The Morgan fingerprint density at radius 3 is 2.67 bits per heavy atom. The lowest BCUT2D eigenvalue weighted by Gasteiger charge is -2.37. The Kier molecular flexibility index (Phi) is 6.48. The zero-order valence-corrected chi connectivity index (χ0v) is 18.4. The predicted octanol–water partition coefficient (Wildman–Crippen LogP) is 1.97. The minimum atomic E-state index is -1.29. The molecule has 7 heteroatoms. The van der Waals surface area contributed by atoms with Crippen LogP contribution in [0.5, 0.6) is 5.75 Å². The summed E-state index contributed by atoms with van der Waals surface area (Å²) in [7, 11) is 0. The van der Waals surface area contributed by atoms with Gasteiger partial charge in [-0.25, -0.2) is 4.98 Å². The van der Waals surface area contributed by atoms with Crippen LogP contribution in [0.25, 0.3) is 0 Å². The van der Waals surface area contributed by atoms with Crippen molar-refractivity contribution in [2.75, 3.05) is 44.2 Å². The molecule has 0 radical (unpaired) electrons. The van der Waals surface area contributed by atoms with Crippen molar-refractivity contribution in [3.8, 4) is 5.75 Å². The number of piperazine rings is 1. The van der Waals surface area contributed by atoms with Crippen LogP contribution in [-0.4, -0.2) is 71.9 Å². The van der Waals surface area contributed by atoms with Gasteiger partial charge in [0.05, 0.1) is 6.61 Å². The number of fused-ring (bicyclic) bond motifs is 1. The van der Waals surface area contributed by atoms with Crippen LogP contribution < -0.4 is 15.0 Å². The Hall–Kier alpha value is -1.86. The summed E-state index contributed by atoms with van der Waals surface area (Å²) >= 11 is 0. The molecule has 3 heterocycles. The number of amides is 1. The van der Waals surface area contributed by atoms with Crippen LogP contribution in [0.1, 0.15) is 51.5 Å². The normalized spacial score (nSPS) is 25.0. The number of rotatable bonds is 6. The van der Waals surface area contributed by atoms with E-state index in [0.29, 0.717) is 0 Å². The Morgan fingerprint density at radius 1 is 1.23 bits per heavy atom. The minimum Gasteiger partial charge on any atom is -0.489 e. The third-order valence-electron chi connectivity index (χ3n) is 6.85. The fourth-order valence-electron chi connectivity index (χ4n) is 4.82. The fraction of sp³-hybridized carbons (Fsp3) is 0.739. The molecule has 2 fully saturated rings. The second kappa shape index (κ2) is 9.10. The van der Waals surface area contributed by atoms with Crippen LogP contribution in [-0.2, 0) is 11.2 Å². The summed E-state index contributed by atoms with van der Waals surface area (Å²) in [6, 6.07) is 2.29. The van der Waals surface area contributed by atoms with Gasteiger partial charge >= 0.3 is 0 Å².